The SMILES string of the molecule is NC1C(S(=O)(=O)c2cccs2)C2N=c3ccccc3=NC2N1Cc1ccccc1. The van der Waals surface area contributed by atoms with Gasteiger partial charge in [0.05, 0.1) is 16.9 Å². The smallest absolute Gasteiger partial charge is 0.195 e. The van der Waals surface area contributed by atoms with E-state index in [1.807, 2.05) is 59.5 Å². The summed E-state index contributed by atoms with van der Waals surface area (Å²) in [7, 11) is -3.64. The van der Waals surface area contributed by atoms with E-state index in [0.29, 0.717) is 16.1 Å². The first-order chi connectivity index (χ1) is 14.1. The highest BCUT2D eigenvalue weighted by molar-refractivity contribution is 7.94. The highest BCUT2D eigenvalue weighted by Crippen LogP contribution is 2.36. The zero-order valence-electron chi connectivity index (χ0n) is 15.5. The molecule has 1 fully saturated rings. The number of hydrogen-bond acceptors (Lipinski definition) is 7. The Morgan fingerprint density at radius 2 is 1.62 bits per heavy atom. The lowest BCUT2D eigenvalue weighted by molar-refractivity contribution is 0.183. The van der Waals surface area contributed by atoms with Crippen molar-refractivity contribution in [2.24, 2.45) is 15.7 Å². The van der Waals surface area contributed by atoms with Gasteiger partial charge in [-0.05, 0) is 29.1 Å². The summed E-state index contributed by atoms with van der Waals surface area (Å²) in [5, 5.41) is 2.40. The molecule has 6 nitrogen and oxygen atoms in total. The number of likely N-dealkylation sites (tertiary alicyclic amines) is 1. The van der Waals surface area contributed by atoms with Gasteiger partial charge in [-0.25, -0.2) is 8.42 Å². The minimum Gasteiger partial charge on any atom is -0.314 e. The fourth-order valence-corrected chi connectivity index (χ4v) is 7.24. The van der Waals surface area contributed by atoms with E-state index in [9.17, 15) is 8.42 Å². The second kappa shape index (κ2) is 7.14. The summed E-state index contributed by atoms with van der Waals surface area (Å²) in [5.41, 5.74) is 7.65. The van der Waals surface area contributed by atoms with E-state index in [1.54, 1.807) is 17.5 Å². The van der Waals surface area contributed by atoms with E-state index in [-0.39, 0.29) is 0 Å². The third kappa shape index (κ3) is 3.12. The second-order valence-corrected chi connectivity index (χ2v) is 10.5. The molecule has 0 saturated carbocycles. The number of nitrogens with two attached hydrogens (primary N) is 1. The van der Waals surface area contributed by atoms with E-state index in [0.717, 1.165) is 10.9 Å². The highest BCUT2D eigenvalue weighted by atomic mass is 32.2. The first-order valence-electron chi connectivity index (χ1n) is 9.39. The van der Waals surface area contributed by atoms with Gasteiger partial charge in [-0.15, -0.1) is 11.3 Å². The first kappa shape index (κ1) is 18.6. The van der Waals surface area contributed by atoms with Gasteiger partial charge in [0, 0.05) is 6.54 Å². The van der Waals surface area contributed by atoms with Gasteiger partial charge in [0.15, 0.2) is 9.84 Å². The van der Waals surface area contributed by atoms with Crippen molar-refractivity contribution in [3.8, 4) is 0 Å². The van der Waals surface area contributed by atoms with E-state index in [2.05, 4.69) is 0 Å². The Kier molecular flexibility index (Phi) is 4.59. The van der Waals surface area contributed by atoms with E-state index in [1.165, 1.54) is 11.3 Å². The highest BCUT2D eigenvalue weighted by Gasteiger charge is 2.54. The normalized spacial score (nSPS) is 26.2. The maximum Gasteiger partial charge on any atom is 0.195 e. The molecular weight excluding hydrogens is 404 g/mol. The van der Waals surface area contributed by atoms with Crippen molar-refractivity contribution in [2.75, 3.05) is 0 Å². The summed E-state index contributed by atoms with van der Waals surface area (Å²) >= 11 is 1.21. The van der Waals surface area contributed by atoms with Crippen LogP contribution in [-0.4, -0.2) is 36.9 Å². The molecule has 4 atom stereocenters. The number of fused-ring (bicyclic) bond motifs is 2. The van der Waals surface area contributed by atoms with Crippen LogP contribution in [0.4, 0.5) is 0 Å². The van der Waals surface area contributed by atoms with Gasteiger partial charge in [0.25, 0.3) is 0 Å². The van der Waals surface area contributed by atoms with Gasteiger partial charge < -0.3 is 5.73 Å². The van der Waals surface area contributed by atoms with Gasteiger partial charge in [-0.3, -0.25) is 14.9 Å². The van der Waals surface area contributed by atoms with Crippen LogP contribution in [0, 0.1) is 0 Å². The molecule has 29 heavy (non-hydrogen) atoms. The monoisotopic (exact) mass is 424 g/mol. The van der Waals surface area contributed by atoms with Crippen LogP contribution in [0.25, 0.3) is 0 Å². The predicted molar refractivity (Wildman–Crippen MR) is 112 cm³/mol. The average Bonchev–Trinajstić information content (AvgIpc) is 3.36. The maximum absolute atomic E-state index is 13.5. The Morgan fingerprint density at radius 3 is 2.31 bits per heavy atom. The molecule has 1 saturated heterocycles. The lowest BCUT2D eigenvalue weighted by Crippen LogP contribution is -2.47. The molecule has 0 bridgehead atoms. The molecule has 148 valence electrons. The third-order valence-corrected chi connectivity index (χ3v) is 9.10. The standard InChI is InChI=1S/C21H20N4O2S2/c22-20-19(29(26,27)17-11-6-12-28-17)18-21(24-16-10-5-4-9-15(16)23-18)25(20)13-14-7-2-1-3-8-14/h1-12,18-21H,13,22H2. The quantitative estimate of drug-likeness (QED) is 0.685. The van der Waals surface area contributed by atoms with Crippen molar-refractivity contribution in [1.82, 2.24) is 4.90 Å². The maximum atomic E-state index is 13.5. The summed E-state index contributed by atoms with van der Waals surface area (Å²) in [6.45, 7) is 0.515. The Balaban J connectivity index is 1.64. The number of thiophene rings is 1. The van der Waals surface area contributed by atoms with Gasteiger partial charge >= 0.3 is 0 Å². The minimum atomic E-state index is -3.64. The fourth-order valence-electron chi connectivity index (χ4n) is 4.13. The van der Waals surface area contributed by atoms with Crippen LogP contribution in [-0.2, 0) is 16.4 Å². The van der Waals surface area contributed by atoms with Gasteiger partial charge in [0.1, 0.15) is 21.7 Å². The van der Waals surface area contributed by atoms with Crippen LogP contribution in [0.3, 0.4) is 0 Å². The molecule has 2 aliphatic heterocycles. The molecule has 3 aromatic rings. The summed E-state index contributed by atoms with van der Waals surface area (Å²) in [4.78, 5) is 11.7. The first-order valence-corrected chi connectivity index (χ1v) is 11.8. The van der Waals surface area contributed by atoms with Crippen LogP contribution in [0.1, 0.15) is 5.56 Å². The molecule has 2 aromatic carbocycles. The zero-order chi connectivity index (χ0) is 20.0. The van der Waals surface area contributed by atoms with Crippen molar-refractivity contribution in [1.29, 1.82) is 0 Å². The number of hydrogen-bond donors (Lipinski definition) is 1. The summed E-state index contributed by atoms with van der Waals surface area (Å²) in [6, 6.07) is 20.3. The largest absolute Gasteiger partial charge is 0.314 e. The van der Waals surface area contributed by atoms with Crippen LogP contribution >= 0.6 is 11.3 Å². The molecule has 0 spiro atoms. The number of sulfone groups is 1. The summed E-state index contributed by atoms with van der Waals surface area (Å²) < 4.78 is 27.3. The van der Waals surface area contributed by atoms with Crippen LogP contribution in [0.15, 0.2) is 86.3 Å². The number of rotatable bonds is 4. The van der Waals surface area contributed by atoms with Crippen LogP contribution in [0.2, 0.25) is 0 Å². The molecule has 0 aliphatic carbocycles. The molecule has 0 radical (unpaired) electrons. The number of para-hydroxylation sites is 2. The molecule has 4 unspecified atom stereocenters. The molecule has 1 aromatic heterocycles. The lowest BCUT2D eigenvalue weighted by Gasteiger charge is -2.27. The predicted octanol–water partition coefficient (Wildman–Crippen LogP) is 1.34. The number of benzene rings is 2. The molecule has 0 amide bonds. The van der Waals surface area contributed by atoms with Crippen LogP contribution in [0.5, 0.6) is 0 Å². The molecule has 3 heterocycles. The van der Waals surface area contributed by atoms with E-state index < -0.39 is 33.5 Å². The second-order valence-electron chi connectivity index (χ2n) is 7.24. The Hall–Kier alpha value is -2.39. The molecule has 8 heteroatoms. The van der Waals surface area contributed by atoms with Crippen molar-refractivity contribution in [3.05, 3.63) is 88.4 Å². The Bertz CT molecular complexity index is 1240. The van der Waals surface area contributed by atoms with Crippen molar-refractivity contribution >= 4 is 21.2 Å². The fraction of sp³-hybridized carbons (Fsp3) is 0.238. The number of nitrogens with zero attached hydrogens (tertiary/aromatic N) is 3. The molecule has 5 rings (SSSR count). The van der Waals surface area contributed by atoms with E-state index in [4.69, 9.17) is 15.7 Å². The summed E-state index contributed by atoms with van der Waals surface area (Å²) in [5.74, 6) is 0. The Labute approximate surface area is 173 Å². The minimum absolute atomic E-state index is 0.326. The van der Waals surface area contributed by atoms with Crippen molar-refractivity contribution in [2.45, 2.75) is 34.4 Å². The molecule has 2 N–H and O–H groups in total. The average molecular weight is 425 g/mol. The topological polar surface area (TPSA) is 88.1 Å². The van der Waals surface area contributed by atoms with Crippen LogP contribution < -0.4 is 16.4 Å². The van der Waals surface area contributed by atoms with Crippen molar-refractivity contribution in [3.63, 3.8) is 0 Å². The Morgan fingerprint density at radius 1 is 0.931 bits per heavy atom. The van der Waals surface area contributed by atoms with E-state index >= 15 is 0 Å². The van der Waals surface area contributed by atoms with Gasteiger partial charge in [0.2, 0.25) is 0 Å². The lowest BCUT2D eigenvalue weighted by atomic mass is 10.1. The van der Waals surface area contributed by atoms with Crippen molar-refractivity contribution < 1.29 is 8.42 Å². The molecular formula is C21H20N4O2S2. The van der Waals surface area contributed by atoms with Gasteiger partial charge in [-0.1, -0.05) is 48.5 Å². The summed E-state index contributed by atoms with van der Waals surface area (Å²) in [6.07, 6.45) is -1.13. The van der Waals surface area contributed by atoms with Gasteiger partial charge in [-0.2, -0.15) is 0 Å². The molecule has 2 aliphatic rings. The third-order valence-electron chi connectivity index (χ3n) is 5.48. The zero-order valence-corrected chi connectivity index (χ0v) is 17.1.